The lowest BCUT2D eigenvalue weighted by Crippen LogP contribution is -2.45. The molecular weight excluding hydrogens is 214 g/mol. The number of esters is 1. The maximum absolute atomic E-state index is 11.9. The summed E-state index contributed by atoms with van der Waals surface area (Å²) in [7, 11) is 1.42. The largest absolute Gasteiger partial charge is 0.467 e. The van der Waals surface area contributed by atoms with E-state index < -0.39 is 5.54 Å². The second-order valence-corrected chi connectivity index (χ2v) is 4.91. The molecule has 0 aliphatic heterocycles. The first kappa shape index (κ1) is 13.6. The topological polar surface area (TPSA) is 38.3 Å². The van der Waals surface area contributed by atoms with Gasteiger partial charge in [0.2, 0.25) is 0 Å². The molecule has 1 unspecified atom stereocenters. The SMILES string of the molecule is COC(=O)C(C)(CC(C)C)Nc1ccccc1. The molecule has 94 valence electrons. The minimum absolute atomic E-state index is 0.227. The highest BCUT2D eigenvalue weighted by Crippen LogP contribution is 2.23. The molecule has 0 aliphatic rings. The molecule has 0 spiro atoms. The van der Waals surface area contributed by atoms with Gasteiger partial charge in [0.05, 0.1) is 7.11 Å². The van der Waals surface area contributed by atoms with E-state index in [2.05, 4.69) is 19.2 Å². The van der Waals surface area contributed by atoms with Crippen LogP contribution in [-0.4, -0.2) is 18.6 Å². The van der Waals surface area contributed by atoms with Crippen LogP contribution < -0.4 is 5.32 Å². The van der Waals surface area contributed by atoms with Crippen molar-refractivity contribution in [2.24, 2.45) is 5.92 Å². The number of rotatable bonds is 5. The highest BCUT2D eigenvalue weighted by atomic mass is 16.5. The van der Waals surface area contributed by atoms with Gasteiger partial charge in [-0.2, -0.15) is 0 Å². The number of methoxy groups -OCH3 is 1. The van der Waals surface area contributed by atoms with Crippen LogP contribution in [0.4, 0.5) is 5.69 Å². The van der Waals surface area contributed by atoms with Gasteiger partial charge in [0.1, 0.15) is 5.54 Å². The summed E-state index contributed by atoms with van der Waals surface area (Å²) in [5.74, 6) is 0.186. The van der Waals surface area contributed by atoms with E-state index in [1.54, 1.807) is 0 Å². The third-order valence-corrected chi connectivity index (χ3v) is 2.65. The number of carbonyl (C=O) groups excluding carboxylic acids is 1. The fraction of sp³-hybridized carbons (Fsp3) is 0.500. The summed E-state index contributed by atoms with van der Waals surface area (Å²) in [4.78, 5) is 11.9. The number of nitrogens with one attached hydrogen (secondary N) is 1. The monoisotopic (exact) mass is 235 g/mol. The second-order valence-electron chi connectivity index (χ2n) is 4.91. The van der Waals surface area contributed by atoms with Gasteiger partial charge >= 0.3 is 5.97 Å². The van der Waals surface area contributed by atoms with Gasteiger partial charge in [-0.05, 0) is 31.4 Å². The zero-order valence-corrected chi connectivity index (χ0v) is 11.0. The van der Waals surface area contributed by atoms with Crippen molar-refractivity contribution >= 4 is 11.7 Å². The highest BCUT2D eigenvalue weighted by Gasteiger charge is 2.34. The fourth-order valence-corrected chi connectivity index (χ4v) is 2.07. The van der Waals surface area contributed by atoms with E-state index in [4.69, 9.17) is 4.74 Å². The fourth-order valence-electron chi connectivity index (χ4n) is 2.07. The molecule has 0 heterocycles. The molecule has 0 saturated heterocycles. The molecule has 0 bridgehead atoms. The minimum atomic E-state index is -0.676. The van der Waals surface area contributed by atoms with E-state index >= 15 is 0 Å². The van der Waals surface area contributed by atoms with E-state index in [1.807, 2.05) is 37.3 Å². The molecule has 1 rings (SSSR count). The molecule has 0 fully saturated rings. The smallest absolute Gasteiger partial charge is 0.331 e. The molecule has 0 aliphatic carbocycles. The van der Waals surface area contributed by atoms with E-state index in [-0.39, 0.29) is 5.97 Å². The Hall–Kier alpha value is -1.51. The molecule has 17 heavy (non-hydrogen) atoms. The number of hydrogen-bond acceptors (Lipinski definition) is 3. The summed E-state index contributed by atoms with van der Waals surface area (Å²) in [6, 6.07) is 9.72. The predicted octanol–water partition coefficient (Wildman–Crippen LogP) is 3.08. The van der Waals surface area contributed by atoms with Gasteiger partial charge in [0.15, 0.2) is 0 Å². The van der Waals surface area contributed by atoms with Crippen LogP contribution in [0.5, 0.6) is 0 Å². The lowest BCUT2D eigenvalue weighted by atomic mass is 9.90. The van der Waals surface area contributed by atoms with Gasteiger partial charge in [-0.25, -0.2) is 4.79 Å². The van der Waals surface area contributed by atoms with Crippen molar-refractivity contribution in [3.8, 4) is 0 Å². The van der Waals surface area contributed by atoms with E-state index in [1.165, 1.54) is 7.11 Å². The zero-order chi connectivity index (χ0) is 12.9. The summed E-state index contributed by atoms with van der Waals surface area (Å²) in [5, 5.41) is 3.26. The van der Waals surface area contributed by atoms with Crippen LogP contribution >= 0.6 is 0 Å². The Morgan fingerprint density at radius 3 is 2.41 bits per heavy atom. The van der Waals surface area contributed by atoms with Gasteiger partial charge in [-0.3, -0.25) is 0 Å². The normalized spacial score (nSPS) is 14.2. The second kappa shape index (κ2) is 5.71. The summed E-state index contributed by atoms with van der Waals surface area (Å²) in [6.07, 6.45) is 0.731. The average Bonchev–Trinajstić information content (AvgIpc) is 2.28. The zero-order valence-electron chi connectivity index (χ0n) is 11.0. The summed E-state index contributed by atoms with van der Waals surface area (Å²) >= 11 is 0. The van der Waals surface area contributed by atoms with Crippen molar-refractivity contribution in [1.82, 2.24) is 0 Å². The van der Waals surface area contributed by atoms with Gasteiger partial charge in [0, 0.05) is 5.69 Å². The average molecular weight is 235 g/mol. The Kier molecular flexibility index (Phi) is 4.55. The van der Waals surface area contributed by atoms with E-state index in [0.29, 0.717) is 5.92 Å². The van der Waals surface area contributed by atoms with E-state index in [9.17, 15) is 4.79 Å². The van der Waals surface area contributed by atoms with Gasteiger partial charge in [0.25, 0.3) is 0 Å². The number of para-hydroxylation sites is 1. The molecule has 3 nitrogen and oxygen atoms in total. The minimum Gasteiger partial charge on any atom is -0.467 e. The van der Waals surface area contributed by atoms with Crippen molar-refractivity contribution in [1.29, 1.82) is 0 Å². The molecule has 3 heteroatoms. The Balaban J connectivity index is 2.87. The number of anilines is 1. The van der Waals surface area contributed by atoms with Crippen molar-refractivity contribution in [2.75, 3.05) is 12.4 Å². The molecular formula is C14H21NO2. The Morgan fingerprint density at radius 1 is 1.35 bits per heavy atom. The van der Waals surface area contributed by atoms with Crippen LogP contribution in [0, 0.1) is 5.92 Å². The number of benzene rings is 1. The first-order valence-corrected chi connectivity index (χ1v) is 5.89. The number of ether oxygens (including phenoxy) is 1. The van der Waals surface area contributed by atoms with Gasteiger partial charge in [-0.1, -0.05) is 32.0 Å². The van der Waals surface area contributed by atoms with Gasteiger partial charge in [-0.15, -0.1) is 0 Å². The van der Waals surface area contributed by atoms with Crippen molar-refractivity contribution in [3.63, 3.8) is 0 Å². The van der Waals surface area contributed by atoms with Crippen molar-refractivity contribution in [2.45, 2.75) is 32.7 Å². The van der Waals surface area contributed by atoms with Crippen LogP contribution in [0.3, 0.4) is 0 Å². The highest BCUT2D eigenvalue weighted by molar-refractivity contribution is 5.84. The number of carbonyl (C=O) groups is 1. The summed E-state index contributed by atoms with van der Waals surface area (Å²) < 4.78 is 4.89. The lowest BCUT2D eigenvalue weighted by Gasteiger charge is -2.30. The standard InChI is InChI=1S/C14H21NO2/c1-11(2)10-14(3,13(16)17-4)15-12-8-6-5-7-9-12/h5-9,11,15H,10H2,1-4H3. The molecule has 1 aromatic rings. The van der Waals surface area contributed by atoms with E-state index in [0.717, 1.165) is 12.1 Å². The van der Waals surface area contributed by atoms with Crippen LogP contribution in [0.25, 0.3) is 0 Å². The third-order valence-electron chi connectivity index (χ3n) is 2.65. The number of hydrogen-bond donors (Lipinski definition) is 1. The maximum atomic E-state index is 11.9. The van der Waals surface area contributed by atoms with Crippen LogP contribution in [-0.2, 0) is 9.53 Å². The van der Waals surface area contributed by atoms with Crippen molar-refractivity contribution in [3.05, 3.63) is 30.3 Å². The Bertz CT molecular complexity index is 362. The lowest BCUT2D eigenvalue weighted by molar-refractivity contribution is -0.146. The Morgan fingerprint density at radius 2 is 1.94 bits per heavy atom. The Labute approximate surface area is 103 Å². The van der Waals surface area contributed by atoms with Crippen LogP contribution in [0.1, 0.15) is 27.2 Å². The molecule has 1 atom stereocenters. The molecule has 0 aromatic heterocycles. The first-order valence-electron chi connectivity index (χ1n) is 5.89. The molecule has 0 radical (unpaired) electrons. The summed E-state index contributed by atoms with van der Waals surface area (Å²) in [6.45, 7) is 6.06. The molecule has 0 amide bonds. The third kappa shape index (κ3) is 3.77. The van der Waals surface area contributed by atoms with Crippen LogP contribution in [0.15, 0.2) is 30.3 Å². The first-order chi connectivity index (χ1) is 7.98. The van der Waals surface area contributed by atoms with Crippen molar-refractivity contribution < 1.29 is 9.53 Å². The maximum Gasteiger partial charge on any atom is 0.331 e. The quantitative estimate of drug-likeness (QED) is 0.797. The molecule has 0 saturated carbocycles. The predicted molar refractivity (Wildman–Crippen MR) is 69.9 cm³/mol. The summed E-state index contributed by atoms with van der Waals surface area (Å²) in [5.41, 5.74) is 0.255. The molecule has 1 aromatic carbocycles. The molecule has 1 N–H and O–H groups in total. The van der Waals surface area contributed by atoms with Gasteiger partial charge < -0.3 is 10.1 Å². The van der Waals surface area contributed by atoms with Crippen LogP contribution in [0.2, 0.25) is 0 Å².